The molecular weight excluding hydrogens is 250 g/mol. The van der Waals surface area contributed by atoms with Crippen LogP contribution in [0.4, 0.5) is 11.5 Å². The van der Waals surface area contributed by atoms with Crippen molar-refractivity contribution in [3.8, 4) is 5.75 Å². The van der Waals surface area contributed by atoms with E-state index in [9.17, 15) is 0 Å². The summed E-state index contributed by atoms with van der Waals surface area (Å²) in [6, 6.07) is 12.2. The van der Waals surface area contributed by atoms with Gasteiger partial charge in [-0.1, -0.05) is 17.7 Å². The second kappa shape index (κ2) is 6.91. The van der Waals surface area contributed by atoms with Gasteiger partial charge in [-0.25, -0.2) is 4.98 Å². The Morgan fingerprint density at radius 1 is 1.20 bits per heavy atom. The topological polar surface area (TPSA) is 51.4 Å². The second-order valence-corrected chi connectivity index (χ2v) is 4.66. The lowest BCUT2D eigenvalue weighted by molar-refractivity contribution is 0.413. The van der Waals surface area contributed by atoms with E-state index in [0.717, 1.165) is 30.2 Å². The Hall–Kier alpha value is -2.07. The molecule has 4 nitrogen and oxygen atoms in total. The summed E-state index contributed by atoms with van der Waals surface area (Å²) < 4.78 is 5.42. The molecular formula is C16H21N3O. The third kappa shape index (κ3) is 3.27. The molecule has 0 amide bonds. The van der Waals surface area contributed by atoms with Crippen molar-refractivity contribution in [2.45, 2.75) is 13.3 Å². The van der Waals surface area contributed by atoms with Crippen LogP contribution in [0.5, 0.6) is 5.75 Å². The van der Waals surface area contributed by atoms with E-state index in [-0.39, 0.29) is 0 Å². The summed E-state index contributed by atoms with van der Waals surface area (Å²) in [5.74, 6) is 1.59. The van der Waals surface area contributed by atoms with Gasteiger partial charge >= 0.3 is 0 Å². The number of rotatable bonds is 6. The van der Waals surface area contributed by atoms with Crippen LogP contribution in [-0.2, 0) is 0 Å². The van der Waals surface area contributed by atoms with Crippen molar-refractivity contribution < 1.29 is 4.74 Å². The molecule has 1 aromatic heterocycles. The lowest BCUT2D eigenvalue weighted by atomic mass is 10.2. The molecule has 0 spiro atoms. The first-order valence-corrected chi connectivity index (χ1v) is 6.79. The van der Waals surface area contributed by atoms with Crippen molar-refractivity contribution in [1.29, 1.82) is 0 Å². The average Bonchev–Trinajstić information content (AvgIpc) is 2.50. The van der Waals surface area contributed by atoms with Crippen molar-refractivity contribution in [3.63, 3.8) is 0 Å². The van der Waals surface area contributed by atoms with Crippen LogP contribution in [-0.4, -0.2) is 25.2 Å². The van der Waals surface area contributed by atoms with Gasteiger partial charge in [0.05, 0.1) is 7.11 Å². The lowest BCUT2D eigenvalue weighted by Crippen LogP contribution is -2.22. The first-order valence-electron chi connectivity index (χ1n) is 6.79. The van der Waals surface area contributed by atoms with Gasteiger partial charge < -0.3 is 15.4 Å². The number of pyridine rings is 1. The van der Waals surface area contributed by atoms with Gasteiger partial charge in [-0.2, -0.15) is 0 Å². The zero-order valence-corrected chi connectivity index (χ0v) is 12.0. The molecule has 0 radical (unpaired) electrons. The van der Waals surface area contributed by atoms with Crippen LogP contribution in [0.1, 0.15) is 12.0 Å². The molecule has 0 saturated carbocycles. The van der Waals surface area contributed by atoms with Crippen LogP contribution < -0.4 is 15.4 Å². The average molecular weight is 271 g/mol. The number of benzene rings is 1. The molecule has 0 aliphatic rings. The number of ether oxygens (including phenoxy) is 1. The Bertz CT molecular complexity index is 540. The Labute approximate surface area is 120 Å². The highest BCUT2D eigenvalue weighted by molar-refractivity contribution is 5.65. The summed E-state index contributed by atoms with van der Waals surface area (Å²) in [6.45, 7) is 3.54. The van der Waals surface area contributed by atoms with E-state index in [1.807, 2.05) is 12.1 Å². The number of aryl methyl sites for hydroxylation is 1. The normalized spacial score (nSPS) is 10.3. The molecule has 0 atom stereocenters. The molecule has 0 aliphatic heterocycles. The fraction of sp³-hybridized carbons (Fsp3) is 0.312. The van der Waals surface area contributed by atoms with E-state index in [4.69, 9.17) is 10.5 Å². The van der Waals surface area contributed by atoms with Gasteiger partial charge in [0.25, 0.3) is 0 Å². The van der Waals surface area contributed by atoms with E-state index >= 15 is 0 Å². The number of aromatic nitrogens is 1. The third-order valence-corrected chi connectivity index (χ3v) is 3.16. The number of anilines is 2. The standard InChI is InChI=1S/C16H21N3O/c1-13-6-8-14(9-7-13)19(12-4-10-17)16-15(20-2)5-3-11-18-16/h3,5-9,11H,4,10,12,17H2,1-2H3. The Morgan fingerprint density at radius 3 is 2.60 bits per heavy atom. The highest BCUT2D eigenvalue weighted by Gasteiger charge is 2.14. The zero-order valence-electron chi connectivity index (χ0n) is 12.0. The van der Waals surface area contributed by atoms with Crippen LogP contribution in [0.3, 0.4) is 0 Å². The quantitative estimate of drug-likeness (QED) is 0.877. The van der Waals surface area contributed by atoms with E-state index in [1.54, 1.807) is 13.3 Å². The van der Waals surface area contributed by atoms with Crippen molar-refractivity contribution in [2.75, 3.05) is 25.1 Å². The lowest BCUT2D eigenvalue weighted by Gasteiger charge is -2.25. The zero-order chi connectivity index (χ0) is 14.4. The molecule has 2 aromatic rings. The van der Waals surface area contributed by atoms with Crippen molar-refractivity contribution in [3.05, 3.63) is 48.2 Å². The van der Waals surface area contributed by atoms with Crippen molar-refractivity contribution in [2.24, 2.45) is 5.73 Å². The molecule has 1 aromatic carbocycles. The third-order valence-electron chi connectivity index (χ3n) is 3.16. The van der Waals surface area contributed by atoms with Crippen LogP contribution in [0.15, 0.2) is 42.6 Å². The molecule has 0 unspecified atom stereocenters. The molecule has 20 heavy (non-hydrogen) atoms. The van der Waals surface area contributed by atoms with Crippen LogP contribution in [0.2, 0.25) is 0 Å². The molecule has 0 saturated heterocycles. The minimum absolute atomic E-state index is 0.650. The Morgan fingerprint density at radius 2 is 1.95 bits per heavy atom. The predicted molar refractivity (Wildman–Crippen MR) is 82.6 cm³/mol. The summed E-state index contributed by atoms with van der Waals surface area (Å²) in [6.07, 6.45) is 2.68. The van der Waals surface area contributed by atoms with Gasteiger partial charge in [-0.05, 0) is 44.2 Å². The Balaban J connectivity index is 2.38. The van der Waals surface area contributed by atoms with E-state index < -0.39 is 0 Å². The fourth-order valence-corrected chi connectivity index (χ4v) is 2.08. The van der Waals surface area contributed by atoms with Crippen molar-refractivity contribution >= 4 is 11.5 Å². The first kappa shape index (κ1) is 14.3. The fourth-order valence-electron chi connectivity index (χ4n) is 2.08. The van der Waals surface area contributed by atoms with Crippen LogP contribution in [0, 0.1) is 6.92 Å². The second-order valence-electron chi connectivity index (χ2n) is 4.66. The summed E-state index contributed by atoms with van der Waals surface area (Å²) in [5.41, 5.74) is 7.98. The SMILES string of the molecule is COc1cccnc1N(CCCN)c1ccc(C)cc1. The maximum atomic E-state index is 5.65. The highest BCUT2D eigenvalue weighted by Crippen LogP contribution is 2.31. The molecule has 106 valence electrons. The largest absolute Gasteiger partial charge is 0.493 e. The molecule has 4 heteroatoms. The minimum atomic E-state index is 0.650. The van der Waals surface area contributed by atoms with Gasteiger partial charge in [-0.15, -0.1) is 0 Å². The van der Waals surface area contributed by atoms with Gasteiger partial charge in [0.1, 0.15) is 0 Å². The van der Waals surface area contributed by atoms with Gasteiger partial charge in [0, 0.05) is 18.4 Å². The number of methoxy groups -OCH3 is 1. The minimum Gasteiger partial charge on any atom is -0.493 e. The van der Waals surface area contributed by atoms with Gasteiger partial charge in [-0.3, -0.25) is 0 Å². The maximum absolute atomic E-state index is 5.65. The van der Waals surface area contributed by atoms with Crippen molar-refractivity contribution in [1.82, 2.24) is 4.98 Å². The molecule has 0 fully saturated rings. The molecule has 2 N–H and O–H groups in total. The number of nitrogens with zero attached hydrogens (tertiary/aromatic N) is 2. The molecule has 2 rings (SSSR count). The van der Waals surface area contributed by atoms with E-state index in [0.29, 0.717) is 6.54 Å². The molecule has 0 bridgehead atoms. The first-order chi connectivity index (χ1) is 9.76. The molecule has 1 heterocycles. The van der Waals surface area contributed by atoms with Crippen LogP contribution in [0.25, 0.3) is 0 Å². The monoisotopic (exact) mass is 271 g/mol. The van der Waals surface area contributed by atoms with E-state index in [1.165, 1.54) is 5.56 Å². The summed E-state index contributed by atoms with van der Waals surface area (Å²) in [4.78, 5) is 6.61. The van der Waals surface area contributed by atoms with Gasteiger partial charge in [0.2, 0.25) is 0 Å². The van der Waals surface area contributed by atoms with Gasteiger partial charge in [0.15, 0.2) is 11.6 Å². The predicted octanol–water partition coefficient (Wildman–Crippen LogP) is 2.89. The summed E-state index contributed by atoms with van der Waals surface area (Å²) >= 11 is 0. The number of hydrogen-bond acceptors (Lipinski definition) is 4. The summed E-state index contributed by atoms with van der Waals surface area (Å²) in [7, 11) is 1.66. The molecule has 0 aliphatic carbocycles. The maximum Gasteiger partial charge on any atom is 0.175 e. The smallest absolute Gasteiger partial charge is 0.175 e. The van der Waals surface area contributed by atoms with Crippen LogP contribution >= 0.6 is 0 Å². The highest BCUT2D eigenvalue weighted by atomic mass is 16.5. The Kier molecular flexibility index (Phi) is 4.96. The summed E-state index contributed by atoms with van der Waals surface area (Å²) in [5, 5.41) is 0. The number of hydrogen-bond donors (Lipinski definition) is 1. The van der Waals surface area contributed by atoms with E-state index in [2.05, 4.69) is 41.1 Å². The number of nitrogens with two attached hydrogens (primary N) is 1.